The topological polar surface area (TPSA) is 53.1 Å². The van der Waals surface area contributed by atoms with Crippen molar-refractivity contribution in [2.75, 3.05) is 12.3 Å². The fourth-order valence-corrected chi connectivity index (χ4v) is 3.66. The summed E-state index contributed by atoms with van der Waals surface area (Å²) in [5.74, 6) is 1.44. The molecule has 4 heteroatoms. The average Bonchev–Trinajstić information content (AvgIpc) is 2.76. The zero-order valence-electron chi connectivity index (χ0n) is 13.2. The highest BCUT2D eigenvalue weighted by molar-refractivity contribution is 5.84. The Balaban J connectivity index is 2.14. The maximum Gasteiger partial charge on any atom is 0.201 e. The Morgan fingerprint density at radius 2 is 2.19 bits per heavy atom. The smallest absolute Gasteiger partial charge is 0.201 e. The fraction of sp³-hybridized carbons (Fsp3) is 0.588. The summed E-state index contributed by atoms with van der Waals surface area (Å²) in [6.07, 6.45) is 4.97. The summed E-state index contributed by atoms with van der Waals surface area (Å²) in [6.45, 7) is 7.31. The maximum atomic E-state index is 6.27. The van der Waals surface area contributed by atoms with Crippen LogP contribution in [0.1, 0.15) is 52.5 Å². The molecule has 0 bridgehead atoms. The van der Waals surface area contributed by atoms with Crippen molar-refractivity contribution in [1.82, 2.24) is 9.55 Å². The van der Waals surface area contributed by atoms with E-state index in [0.717, 1.165) is 16.8 Å². The highest BCUT2D eigenvalue weighted by Gasteiger charge is 2.35. The van der Waals surface area contributed by atoms with Gasteiger partial charge in [0.15, 0.2) is 0 Å². The molecule has 21 heavy (non-hydrogen) atoms. The molecule has 1 saturated carbocycles. The number of hydrogen-bond acceptors (Lipinski definition) is 3. The van der Waals surface area contributed by atoms with Crippen LogP contribution in [0.5, 0.6) is 5.75 Å². The Labute approximate surface area is 126 Å². The monoisotopic (exact) mass is 287 g/mol. The molecular formula is C17H25N3O. The Bertz CT molecular complexity index is 645. The first-order chi connectivity index (χ1) is 10.0. The van der Waals surface area contributed by atoms with E-state index in [-0.39, 0.29) is 5.41 Å². The van der Waals surface area contributed by atoms with Gasteiger partial charge in [0.1, 0.15) is 11.3 Å². The SMILES string of the molecule is CCOc1cccc2c1nc(N)n2C1CCCCC1(C)C. The molecule has 0 aliphatic heterocycles. The Kier molecular flexibility index (Phi) is 3.56. The van der Waals surface area contributed by atoms with Crippen molar-refractivity contribution in [1.29, 1.82) is 0 Å². The van der Waals surface area contributed by atoms with Gasteiger partial charge in [0.25, 0.3) is 0 Å². The summed E-state index contributed by atoms with van der Waals surface area (Å²) in [4.78, 5) is 4.59. The highest BCUT2D eigenvalue weighted by atomic mass is 16.5. The van der Waals surface area contributed by atoms with Crippen molar-refractivity contribution in [3.63, 3.8) is 0 Å². The molecule has 0 radical (unpaired) electrons. The summed E-state index contributed by atoms with van der Waals surface area (Å²) < 4.78 is 7.93. The van der Waals surface area contributed by atoms with Crippen LogP contribution in [0.3, 0.4) is 0 Å². The number of aromatic nitrogens is 2. The number of ether oxygens (including phenoxy) is 1. The molecule has 1 atom stereocenters. The third-order valence-corrected chi connectivity index (χ3v) is 4.77. The van der Waals surface area contributed by atoms with Crippen molar-refractivity contribution in [3.8, 4) is 5.75 Å². The lowest BCUT2D eigenvalue weighted by molar-refractivity contribution is 0.149. The van der Waals surface area contributed by atoms with Crippen LogP contribution >= 0.6 is 0 Å². The molecule has 2 aromatic rings. The summed E-state index contributed by atoms with van der Waals surface area (Å²) in [6, 6.07) is 6.51. The molecule has 0 spiro atoms. The van der Waals surface area contributed by atoms with E-state index in [1.165, 1.54) is 25.7 Å². The summed E-state index contributed by atoms with van der Waals surface area (Å²) in [5, 5.41) is 0. The van der Waals surface area contributed by atoms with Crippen LogP contribution in [0.4, 0.5) is 5.95 Å². The predicted molar refractivity (Wildman–Crippen MR) is 86.6 cm³/mol. The maximum absolute atomic E-state index is 6.27. The molecule has 1 heterocycles. The molecule has 1 fully saturated rings. The van der Waals surface area contributed by atoms with Gasteiger partial charge in [0.2, 0.25) is 5.95 Å². The number of fused-ring (bicyclic) bond motifs is 1. The molecule has 4 nitrogen and oxygen atoms in total. The third-order valence-electron chi connectivity index (χ3n) is 4.77. The lowest BCUT2D eigenvalue weighted by atomic mass is 9.73. The van der Waals surface area contributed by atoms with Crippen molar-refractivity contribution < 1.29 is 4.74 Å². The lowest BCUT2D eigenvalue weighted by Gasteiger charge is -2.40. The van der Waals surface area contributed by atoms with Gasteiger partial charge in [-0.25, -0.2) is 4.98 Å². The zero-order valence-corrected chi connectivity index (χ0v) is 13.2. The highest BCUT2D eigenvalue weighted by Crippen LogP contribution is 2.46. The first kappa shape index (κ1) is 14.2. The number of benzene rings is 1. The standard InChI is InChI=1S/C17H25N3O/c1-4-21-13-9-7-8-12-15(13)19-16(18)20(12)14-10-5-6-11-17(14,2)3/h7-9,14H,4-6,10-11H2,1-3H3,(H2,18,19). The van der Waals surface area contributed by atoms with Gasteiger partial charge in [-0.15, -0.1) is 0 Å². The second-order valence-electron chi connectivity index (χ2n) is 6.65. The van der Waals surface area contributed by atoms with Crippen molar-refractivity contribution >= 4 is 17.0 Å². The zero-order chi connectivity index (χ0) is 15.0. The van der Waals surface area contributed by atoms with E-state index in [1.807, 2.05) is 19.1 Å². The van der Waals surface area contributed by atoms with Gasteiger partial charge in [-0.3, -0.25) is 0 Å². The molecule has 1 unspecified atom stereocenters. The normalized spacial score (nSPS) is 21.6. The molecule has 3 rings (SSSR count). The van der Waals surface area contributed by atoms with E-state index in [4.69, 9.17) is 10.5 Å². The molecule has 1 aromatic heterocycles. The fourth-order valence-electron chi connectivity index (χ4n) is 3.66. The second kappa shape index (κ2) is 5.24. The number of para-hydroxylation sites is 1. The van der Waals surface area contributed by atoms with E-state index in [9.17, 15) is 0 Å². The number of rotatable bonds is 3. The third kappa shape index (κ3) is 2.37. The molecule has 0 amide bonds. The summed E-state index contributed by atoms with van der Waals surface area (Å²) in [7, 11) is 0. The van der Waals surface area contributed by atoms with E-state index >= 15 is 0 Å². The van der Waals surface area contributed by atoms with Crippen LogP contribution in [0.25, 0.3) is 11.0 Å². The van der Waals surface area contributed by atoms with Crippen LogP contribution < -0.4 is 10.5 Å². The Hall–Kier alpha value is -1.71. The molecule has 1 aromatic carbocycles. The van der Waals surface area contributed by atoms with E-state index in [0.29, 0.717) is 18.6 Å². The molecule has 0 saturated heterocycles. The van der Waals surface area contributed by atoms with Crippen LogP contribution in [0.2, 0.25) is 0 Å². The molecule has 1 aliphatic rings. The number of nitrogen functional groups attached to an aromatic ring is 1. The Morgan fingerprint density at radius 3 is 2.90 bits per heavy atom. The van der Waals surface area contributed by atoms with Crippen LogP contribution in [0.15, 0.2) is 18.2 Å². The average molecular weight is 287 g/mol. The van der Waals surface area contributed by atoms with Gasteiger partial charge in [-0.2, -0.15) is 0 Å². The number of nitrogens with two attached hydrogens (primary N) is 1. The first-order valence-corrected chi connectivity index (χ1v) is 7.94. The number of hydrogen-bond donors (Lipinski definition) is 1. The van der Waals surface area contributed by atoms with Gasteiger partial charge >= 0.3 is 0 Å². The van der Waals surface area contributed by atoms with Crippen LogP contribution in [-0.4, -0.2) is 16.2 Å². The number of anilines is 1. The summed E-state index contributed by atoms with van der Waals surface area (Å²) >= 11 is 0. The van der Waals surface area contributed by atoms with Crippen molar-refractivity contribution in [2.45, 2.75) is 52.5 Å². The van der Waals surface area contributed by atoms with Crippen molar-refractivity contribution in [3.05, 3.63) is 18.2 Å². The van der Waals surface area contributed by atoms with Crippen molar-refractivity contribution in [2.24, 2.45) is 5.41 Å². The second-order valence-corrected chi connectivity index (χ2v) is 6.65. The predicted octanol–water partition coefficient (Wildman–Crippen LogP) is 4.16. The lowest BCUT2D eigenvalue weighted by Crippen LogP contribution is -2.31. The van der Waals surface area contributed by atoms with Crippen LogP contribution in [-0.2, 0) is 0 Å². The molecular weight excluding hydrogens is 262 g/mol. The van der Waals surface area contributed by atoms with Crippen LogP contribution in [0, 0.1) is 5.41 Å². The number of nitrogens with zero attached hydrogens (tertiary/aromatic N) is 2. The molecule has 1 aliphatic carbocycles. The van der Waals surface area contributed by atoms with Gasteiger partial charge in [0, 0.05) is 6.04 Å². The Morgan fingerprint density at radius 1 is 1.38 bits per heavy atom. The van der Waals surface area contributed by atoms with Gasteiger partial charge in [-0.1, -0.05) is 32.8 Å². The molecule has 114 valence electrons. The first-order valence-electron chi connectivity index (χ1n) is 7.94. The quantitative estimate of drug-likeness (QED) is 0.922. The van der Waals surface area contributed by atoms with Gasteiger partial charge in [0.05, 0.1) is 12.1 Å². The minimum Gasteiger partial charge on any atom is -0.492 e. The number of imidazole rings is 1. The van der Waals surface area contributed by atoms with E-state index < -0.39 is 0 Å². The van der Waals surface area contributed by atoms with Gasteiger partial charge in [-0.05, 0) is 37.3 Å². The van der Waals surface area contributed by atoms with E-state index in [1.54, 1.807) is 0 Å². The minimum atomic E-state index is 0.252. The largest absolute Gasteiger partial charge is 0.492 e. The van der Waals surface area contributed by atoms with Gasteiger partial charge < -0.3 is 15.0 Å². The molecule has 2 N–H and O–H groups in total. The summed E-state index contributed by atoms with van der Waals surface area (Å²) in [5.41, 5.74) is 8.50. The minimum absolute atomic E-state index is 0.252. The van der Waals surface area contributed by atoms with E-state index in [2.05, 4.69) is 29.5 Å².